The number of methoxy groups -OCH3 is 1. The summed E-state index contributed by atoms with van der Waals surface area (Å²) in [6.45, 7) is 8.91. The van der Waals surface area contributed by atoms with Crippen LogP contribution in [-0.2, 0) is 4.74 Å². The highest BCUT2D eigenvalue weighted by Crippen LogP contribution is 2.15. The van der Waals surface area contributed by atoms with Gasteiger partial charge < -0.3 is 15.2 Å². The van der Waals surface area contributed by atoms with E-state index in [4.69, 9.17) is 9.84 Å². The zero-order chi connectivity index (χ0) is 11.7. The van der Waals surface area contributed by atoms with Crippen LogP contribution >= 0.6 is 0 Å². The van der Waals surface area contributed by atoms with Crippen molar-refractivity contribution in [1.82, 2.24) is 10.2 Å². The van der Waals surface area contributed by atoms with Gasteiger partial charge in [0.05, 0.1) is 13.2 Å². The molecule has 4 heteroatoms. The first-order chi connectivity index (χ1) is 7.05. The Labute approximate surface area is 93.6 Å². The maximum absolute atomic E-state index is 8.96. The van der Waals surface area contributed by atoms with Crippen molar-refractivity contribution in [1.29, 1.82) is 0 Å². The molecule has 92 valence electrons. The van der Waals surface area contributed by atoms with Crippen LogP contribution in [0.3, 0.4) is 0 Å². The lowest BCUT2D eigenvalue weighted by Crippen LogP contribution is -2.42. The van der Waals surface area contributed by atoms with Gasteiger partial charge in [-0.2, -0.15) is 0 Å². The molecule has 0 unspecified atom stereocenters. The molecule has 0 aliphatic carbocycles. The Morgan fingerprint density at radius 2 is 2.00 bits per heavy atom. The molecular weight excluding hydrogens is 192 g/mol. The minimum atomic E-state index is 0.208. The van der Waals surface area contributed by atoms with Gasteiger partial charge in [0.2, 0.25) is 0 Å². The van der Waals surface area contributed by atoms with Gasteiger partial charge in [-0.25, -0.2) is 0 Å². The minimum absolute atomic E-state index is 0.208. The Hall–Kier alpha value is -0.160. The number of hydrogen-bond donors (Lipinski definition) is 2. The molecule has 0 saturated heterocycles. The largest absolute Gasteiger partial charge is 0.395 e. The molecule has 0 heterocycles. The smallest absolute Gasteiger partial charge is 0.0589 e. The van der Waals surface area contributed by atoms with Gasteiger partial charge in [-0.1, -0.05) is 13.8 Å². The van der Waals surface area contributed by atoms with Gasteiger partial charge in [0.15, 0.2) is 0 Å². The van der Waals surface area contributed by atoms with Crippen molar-refractivity contribution in [3.8, 4) is 0 Å². The first-order valence-electron chi connectivity index (χ1n) is 5.52. The van der Waals surface area contributed by atoms with E-state index < -0.39 is 0 Å². The molecule has 0 atom stereocenters. The number of aliphatic hydroxyl groups is 1. The number of hydrogen-bond acceptors (Lipinski definition) is 4. The highest BCUT2D eigenvalue weighted by atomic mass is 16.5. The van der Waals surface area contributed by atoms with Gasteiger partial charge >= 0.3 is 0 Å². The van der Waals surface area contributed by atoms with Crippen molar-refractivity contribution in [3.63, 3.8) is 0 Å². The van der Waals surface area contributed by atoms with Crippen LogP contribution in [0.1, 0.15) is 13.8 Å². The van der Waals surface area contributed by atoms with Gasteiger partial charge in [0, 0.05) is 33.3 Å². The fraction of sp³-hybridized carbons (Fsp3) is 1.00. The molecular formula is C11H26N2O2. The molecule has 0 rings (SSSR count). The first-order valence-corrected chi connectivity index (χ1v) is 5.52. The van der Waals surface area contributed by atoms with Crippen LogP contribution in [0, 0.1) is 5.41 Å². The summed E-state index contributed by atoms with van der Waals surface area (Å²) in [5, 5.41) is 12.2. The maximum atomic E-state index is 8.96. The molecule has 0 saturated carbocycles. The fourth-order valence-corrected chi connectivity index (χ4v) is 1.77. The molecule has 0 aromatic rings. The first kappa shape index (κ1) is 14.8. The second-order valence-electron chi connectivity index (χ2n) is 4.69. The van der Waals surface area contributed by atoms with E-state index in [1.54, 1.807) is 7.11 Å². The maximum Gasteiger partial charge on any atom is 0.0589 e. The number of nitrogens with zero attached hydrogens (tertiary/aromatic N) is 1. The van der Waals surface area contributed by atoms with Gasteiger partial charge in [-0.3, -0.25) is 4.90 Å². The van der Waals surface area contributed by atoms with Gasteiger partial charge in [0.25, 0.3) is 0 Å². The molecule has 0 aliphatic heterocycles. The Morgan fingerprint density at radius 1 is 1.33 bits per heavy atom. The predicted octanol–water partition coefficient (Wildman–Crippen LogP) is 0.173. The third kappa shape index (κ3) is 7.73. The molecule has 0 aliphatic rings. The number of nitrogens with one attached hydrogen (secondary N) is 1. The average molecular weight is 218 g/mol. The van der Waals surface area contributed by atoms with E-state index in [1.165, 1.54) is 0 Å². The zero-order valence-corrected chi connectivity index (χ0v) is 10.5. The molecule has 0 bridgehead atoms. The molecule has 2 N–H and O–H groups in total. The Bertz CT molecular complexity index is 152. The van der Waals surface area contributed by atoms with Crippen LogP contribution in [-0.4, -0.2) is 63.6 Å². The third-order valence-electron chi connectivity index (χ3n) is 2.33. The summed E-state index contributed by atoms with van der Waals surface area (Å²) < 4.78 is 5.05. The molecule has 0 spiro atoms. The second kappa shape index (κ2) is 8.05. The molecule has 0 amide bonds. The average Bonchev–Trinajstić information content (AvgIpc) is 2.14. The molecule has 0 aromatic heterocycles. The van der Waals surface area contributed by atoms with E-state index >= 15 is 0 Å². The fourth-order valence-electron chi connectivity index (χ4n) is 1.77. The van der Waals surface area contributed by atoms with Crippen molar-refractivity contribution in [3.05, 3.63) is 0 Å². The lowest BCUT2D eigenvalue weighted by Gasteiger charge is -2.32. The predicted molar refractivity (Wildman–Crippen MR) is 63.1 cm³/mol. The SMILES string of the molecule is CNCC(C)(C)CN(CCO)CCOC. The van der Waals surface area contributed by atoms with Crippen LogP contribution in [0.15, 0.2) is 0 Å². The van der Waals surface area contributed by atoms with Crippen LogP contribution in [0.2, 0.25) is 0 Å². The quantitative estimate of drug-likeness (QED) is 0.579. The molecule has 0 fully saturated rings. The van der Waals surface area contributed by atoms with E-state index in [0.29, 0.717) is 0 Å². The highest BCUT2D eigenvalue weighted by molar-refractivity contribution is 4.75. The van der Waals surface area contributed by atoms with E-state index in [9.17, 15) is 0 Å². The highest BCUT2D eigenvalue weighted by Gasteiger charge is 2.20. The minimum Gasteiger partial charge on any atom is -0.395 e. The van der Waals surface area contributed by atoms with Crippen LogP contribution in [0.5, 0.6) is 0 Å². The summed E-state index contributed by atoms with van der Waals surface area (Å²) in [6.07, 6.45) is 0. The van der Waals surface area contributed by atoms with E-state index in [1.807, 2.05) is 7.05 Å². The number of rotatable bonds is 9. The van der Waals surface area contributed by atoms with Crippen molar-refractivity contribution in [2.75, 3.05) is 53.6 Å². The molecule has 0 radical (unpaired) electrons. The summed E-state index contributed by atoms with van der Waals surface area (Å²) in [5.41, 5.74) is 0.220. The lowest BCUT2D eigenvalue weighted by atomic mass is 9.92. The summed E-state index contributed by atoms with van der Waals surface area (Å²) >= 11 is 0. The van der Waals surface area contributed by atoms with Gasteiger partial charge in [-0.05, 0) is 12.5 Å². The van der Waals surface area contributed by atoms with Crippen LogP contribution in [0.25, 0.3) is 0 Å². The lowest BCUT2D eigenvalue weighted by molar-refractivity contribution is 0.102. The monoisotopic (exact) mass is 218 g/mol. The van der Waals surface area contributed by atoms with Crippen LogP contribution in [0.4, 0.5) is 0 Å². The standard InChI is InChI=1S/C11H26N2O2/c1-11(2,9-12-3)10-13(5-7-14)6-8-15-4/h12,14H,5-10H2,1-4H3. The van der Waals surface area contributed by atoms with Crippen molar-refractivity contribution in [2.45, 2.75) is 13.8 Å². The summed E-state index contributed by atoms with van der Waals surface area (Å²) in [7, 11) is 3.67. The topological polar surface area (TPSA) is 44.7 Å². The van der Waals surface area contributed by atoms with Gasteiger partial charge in [0.1, 0.15) is 0 Å². The van der Waals surface area contributed by atoms with Crippen LogP contribution < -0.4 is 5.32 Å². The summed E-state index contributed by atoms with van der Waals surface area (Å²) in [6, 6.07) is 0. The number of ether oxygens (including phenoxy) is 1. The van der Waals surface area contributed by atoms with E-state index in [0.717, 1.165) is 32.8 Å². The van der Waals surface area contributed by atoms with E-state index in [2.05, 4.69) is 24.1 Å². The zero-order valence-electron chi connectivity index (χ0n) is 10.5. The Balaban J connectivity index is 4.01. The Kier molecular flexibility index (Phi) is 7.96. The number of aliphatic hydroxyl groups excluding tert-OH is 1. The summed E-state index contributed by atoms with van der Waals surface area (Å²) in [4.78, 5) is 2.24. The Morgan fingerprint density at radius 3 is 2.47 bits per heavy atom. The van der Waals surface area contributed by atoms with Crippen molar-refractivity contribution >= 4 is 0 Å². The van der Waals surface area contributed by atoms with Crippen molar-refractivity contribution in [2.24, 2.45) is 5.41 Å². The molecule has 4 nitrogen and oxygen atoms in total. The molecule has 0 aromatic carbocycles. The van der Waals surface area contributed by atoms with Gasteiger partial charge in [-0.15, -0.1) is 0 Å². The third-order valence-corrected chi connectivity index (χ3v) is 2.33. The van der Waals surface area contributed by atoms with E-state index in [-0.39, 0.29) is 12.0 Å². The normalized spacial score (nSPS) is 12.4. The van der Waals surface area contributed by atoms with Crippen molar-refractivity contribution < 1.29 is 9.84 Å². The summed E-state index contributed by atoms with van der Waals surface area (Å²) in [5.74, 6) is 0. The molecule has 15 heavy (non-hydrogen) atoms. The second-order valence-corrected chi connectivity index (χ2v) is 4.69.